The number of unbranched alkanes of at least 4 members (excludes halogenated alkanes) is 8. The van der Waals surface area contributed by atoms with Gasteiger partial charge in [0.05, 0.1) is 4.90 Å². The van der Waals surface area contributed by atoms with Crippen molar-refractivity contribution in [2.24, 2.45) is 0 Å². The van der Waals surface area contributed by atoms with Crippen LogP contribution in [0.4, 0.5) is 0 Å². The van der Waals surface area contributed by atoms with E-state index in [-0.39, 0.29) is 34.5 Å². The van der Waals surface area contributed by atoms with Crippen LogP contribution in [0, 0.1) is 0 Å². The van der Waals surface area contributed by atoms with E-state index in [1.54, 1.807) is 0 Å². The Morgan fingerprint density at radius 3 is 1.83 bits per heavy atom. The van der Waals surface area contributed by atoms with Gasteiger partial charge >= 0.3 is 29.6 Å². The summed E-state index contributed by atoms with van der Waals surface area (Å²) in [6.07, 6.45) is 12.8. The molecule has 0 saturated carbocycles. The van der Waals surface area contributed by atoms with Gasteiger partial charge in [-0.3, -0.25) is 0 Å². The summed E-state index contributed by atoms with van der Waals surface area (Å²) in [7, 11) is -4.52. The van der Waals surface area contributed by atoms with Gasteiger partial charge in [0.15, 0.2) is 0 Å². The van der Waals surface area contributed by atoms with Crippen molar-refractivity contribution in [3.8, 4) is 0 Å². The largest absolute Gasteiger partial charge is 1.00 e. The normalized spacial score (nSPS) is 11.6. The van der Waals surface area contributed by atoms with Crippen molar-refractivity contribution in [1.29, 1.82) is 0 Å². The molecular weight excluding hydrogens is 391 g/mol. The van der Waals surface area contributed by atoms with Crippen LogP contribution >= 0.6 is 0 Å². The molecule has 0 N–H and O–H groups in total. The van der Waals surface area contributed by atoms with Crippen LogP contribution in [0.25, 0.3) is 10.8 Å². The molecule has 2 aromatic carbocycles. The summed E-state index contributed by atoms with van der Waals surface area (Å²) in [5, 5.41) is 1.52. The van der Waals surface area contributed by atoms with Gasteiger partial charge in [-0.15, -0.1) is 0 Å². The van der Waals surface area contributed by atoms with Crippen LogP contribution in [-0.4, -0.2) is 13.0 Å². The summed E-state index contributed by atoms with van der Waals surface area (Å²) in [5.74, 6) is 0. The van der Waals surface area contributed by atoms with Gasteiger partial charge in [-0.25, -0.2) is 8.42 Å². The van der Waals surface area contributed by atoms with Gasteiger partial charge in [-0.2, -0.15) is 0 Å². The SMILES string of the molecule is CCCCCCCc1ccc2cccc(CCCCCCC)c2c1S(=O)(=O)[O-].[Na+]. The van der Waals surface area contributed by atoms with Crippen LogP contribution < -0.4 is 29.6 Å². The zero-order chi connectivity index (χ0) is 20.4. The molecule has 0 radical (unpaired) electrons. The molecule has 29 heavy (non-hydrogen) atoms. The standard InChI is InChI=1S/C24H36O3S.Na/c1-3-5-7-9-11-14-20-16-13-17-21-18-19-22(15-12-10-8-6-4-2)24(23(20)21)28(25,26)27;/h13,16-19H,3-12,14-15H2,1-2H3,(H,25,26,27);/q;+1/p-1. The van der Waals surface area contributed by atoms with Crippen molar-refractivity contribution in [3.63, 3.8) is 0 Å². The molecule has 0 aliphatic carbocycles. The van der Waals surface area contributed by atoms with Gasteiger partial charge in [0, 0.05) is 5.39 Å². The molecule has 0 amide bonds. The first-order valence-electron chi connectivity index (χ1n) is 11.0. The molecule has 5 heteroatoms. The summed E-state index contributed by atoms with van der Waals surface area (Å²) in [5.41, 5.74) is 1.69. The fourth-order valence-corrected chi connectivity index (χ4v) is 4.98. The molecule has 156 valence electrons. The van der Waals surface area contributed by atoms with Gasteiger partial charge < -0.3 is 4.55 Å². The maximum atomic E-state index is 12.2. The van der Waals surface area contributed by atoms with E-state index in [0.717, 1.165) is 49.5 Å². The number of fused-ring (bicyclic) bond motifs is 1. The van der Waals surface area contributed by atoms with Crippen LogP contribution in [0.15, 0.2) is 35.2 Å². The number of aryl methyl sites for hydroxylation is 2. The minimum atomic E-state index is -4.52. The molecule has 0 heterocycles. The molecule has 2 aromatic rings. The van der Waals surface area contributed by atoms with Crippen LogP contribution in [0.3, 0.4) is 0 Å². The molecular formula is C24H35NaO3S. The van der Waals surface area contributed by atoms with E-state index in [2.05, 4.69) is 13.8 Å². The third kappa shape index (κ3) is 8.34. The third-order valence-corrected chi connectivity index (χ3v) is 6.48. The van der Waals surface area contributed by atoms with E-state index >= 15 is 0 Å². The van der Waals surface area contributed by atoms with Gasteiger partial charge in [0.2, 0.25) is 0 Å². The average Bonchev–Trinajstić information content (AvgIpc) is 2.66. The van der Waals surface area contributed by atoms with Crippen molar-refractivity contribution in [1.82, 2.24) is 0 Å². The molecule has 0 bridgehead atoms. The zero-order valence-electron chi connectivity index (χ0n) is 18.5. The smallest absolute Gasteiger partial charge is 0.744 e. The third-order valence-electron chi connectivity index (χ3n) is 5.52. The second kappa shape index (κ2) is 13.8. The Bertz CT molecular complexity index is 847. The Balaban J connectivity index is 0.00000420. The topological polar surface area (TPSA) is 57.2 Å². The Morgan fingerprint density at radius 2 is 1.28 bits per heavy atom. The molecule has 0 atom stereocenters. The molecule has 0 fully saturated rings. The summed E-state index contributed by atoms with van der Waals surface area (Å²) in [6, 6.07) is 9.69. The Kier molecular flexibility index (Phi) is 12.7. The zero-order valence-corrected chi connectivity index (χ0v) is 21.3. The maximum Gasteiger partial charge on any atom is 1.00 e. The van der Waals surface area contributed by atoms with Crippen molar-refractivity contribution in [2.75, 3.05) is 0 Å². The summed E-state index contributed by atoms with van der Waals surface area (Å²) in [4.78, 5) is 0.0321. The van der Waals surface area contributed by atoms with Crippen molar-refractivity contribution in [2.45, 2.75) is 95.8 Å². The monoisotopic (exact) mass is 426 g/mol. The molecule has 0 saturated heterocycles. The van der Waals surface area contributed by atoms with E-state index < -0.39 is 10.1 Å². The van der Waals surface area contributed by atoms with Crippen LogP contribution in [-0.2, 0) is 23.0 Å². The van der Waals surface area contributed by atoms with Crippen molar-refractivity contribution >= 4 is 20.9 Å². The fraction of sp³-hybridized carbons (Fsp3) is 0.583. The second-order valence-corrected chi connectivity index (χ2v) is 9.17. The minimum Gasteiger partial charge on any atom is -0.744 e. The maximum absolute atomic E-state index is 12.2. The van der Waals surface area contributed by atoms with Crippen LogP contribution in [0.1, 0.15) is 89.2 Å². The van der Waals surface area contributed by atoms with Gasteiger partial charge in [-0.05, 0) is 42.2 Å². The van der Waals surface area contributed by atoms with Crippen LogP contribution in [0.5, 0.6) is 0 Å². The van der Waals surface area contributed by atoms with Crippen molar-refractivity contribution in [3.05, 3.63) is 41.5 Å². The average molecular weight is 427 g/mol. The quantitative estimate of drug-likeness (QED) is 0.278. The van der Waals surface area contributed by atoms with E-state index in [0.29, 0.717) is 17.4 Å². The predicted octanol–water partition coefficient (Wildman–Crippen LogP) is 3.77. The molecule has 3 nitrogen and oxygen atoms in total. The van der Waals surface area contributed by atoms with Gasteiger partial charge in [0.25, 0.3) is 0 Å². The number of hydrogen-bond donors (Lipinski definition) is 0. The minimum absolute atomic E-state index is 0. The number of rotatable bonds is 13. The molecule has 0 aliphatic rings. The Morgan fingerprint density at radius 1 is 0.724 bits per heavy atom. The van der Waals surface area contributed by atoms with E-state index in [1.807, 2.05) is 30.3 Å². The van der Waals surface area contributed by atoms with E-state index in [9.17, 15) is 13.0 Å². The Hall–Kier alpha value is -0.390. The van der Waals surface area contributed by atoms with Gasteiger partial charge in [0.1, 0.15) is 10.1 Å². The Labute approximate surface area is 199 Å². The molecule has 0 aromatic heterocycles. The second-order valence-electron chi connectivity index (χ2n) is 7.85. The fourth-order valence-electron chi connectivity index (χ4n) is 3.99. The first-order chi connectivity index (χ1) is 13.5. The molecule has 0 unspecified atom stereocenters. The van der Waals surface area contributed by atoms with Crippen LogP contribution in [0.2, 0.25) is 0 Å². The predicted molar refractivity (Wildman–Crippen MR) is 117 cm³/mol. The van der Waals surface area contributed by atoms with E-state index in [1.165, 1.54) is 32.1 Å². The van der Waals surface area contributed by atoms with E-state index in [4.69, 9.17) is 0 Å². The van der Waals surface area contributed by atoms with Crippen molar-refractivity contribution < 1.29 is 42.5 Å². The number of benzene rings is 2. The molecule has 0 aliphatic heterocycles. The molecule has 0 spiro atoms. The first-order valence-corrected chi connectivity index (χ1v) is 12.4. The summed E-state index contributed by atoms with van der Waals surface area (Å²) in [6.45, 7) is 4.37. The van der Waals surface area contributed by atoms with Gasteiger partial charge in [-0.1, -0.05) is 95.5 Å². The summed E-state index contributed by atoms with van der Waals surface area (Å²) >= 11 is 0. The molecule has 2 rings (SSSR count). The first kappa shape index (κ1) is 26.6. The number of hydrogen-bond acceptors (Lipinski definition) is 3. The summed E-state index contributed by atoms with van der Waals surface area (Å²) < 4.78 is 36.6.